The smallest absolute Gasteiger partial charge is 0.155 e. The van der Waals surface area contributed by atoms with Crippen LogP contribution in [-0.2, 0) is 14.6 Å². The molecule has 0 aromatic heterocycles. The zero-order valence-electron chi connectivity index (χ0n) is 11.9. The molecule has 1 saturated heterocycles. The topological polar surface area (TPSA) is 63.2 Å². The Morgan fingerprint density at radius 3 is 2.53 bits per heavy atom. The molecule has 0 spiro atoms. The summed E-state index contributed by atoms with van der Waals surface area (Å²) in [7, 11) is -3.02. The van der Waals surface area contributed by atoms with Crippen molar-refractivity contribution in [2.45, 2.75) is 62.7 Å². The highest BCUT2D eigenvalue weighted by molar-refractivity contribution is 7.91. The molecule has 4 nitrogen and oxygen atoms in total. The highest BCUT2D eigenvalue weighted by Gasteiger charge is 2.41. The first-order valence-corrected chi connectivity index (χ1v) is 9.26. The van der Waals surface area contributed by atoms with Crippen LogP contribution in [0.25, 0.3) is 0 Å². The number of nitrogens with one attached hydrogen (secondary N) is 1. The molecule has 1 N–H and O–H groups in total. The fourth-order valence-corrected chi connectivity index (χ4v) is 4.67. The summed E-state index contributed by atoms with van der Waals surface area (Å²) < 4.78 is 23.4. The normalized spacial score (nSPS) is 36.9. The monoisotopic (exact) mass is 287 g/mol. The zero-order valence-corrected chi connectivity index (χ0v) is 12.8. The second-order valence-electron chi connectivity index (χ2n) is 6.40. The van der Waals surface area contributed by atoms with E-state index in [1.807, 2.05) is 6.92 Å². The van der Waals surface area contributed by atoms with Crippen LogP contribution in [0.15, 0.2) is 0 Å². The van der Waals surface area contributed by atoms with Gasteiger partial charge in [0.1, 0.15) is 9.84 Å². The molecule has 0 aromatic carbocycles. The third-order valence-corrected chi connectivity index (χ3v) is 6.40. The minimum Gasteiger partial charge on any atom is -0.305 e. The van der Waals surface area contributed by atoms with Gasteiger partial charge in [0.15, 0.2) is 5.78 Å². The van der Waals surface area contributed by atoms with E-state index in [-0.39, 0.29) is 17.0 Å². The second kappa shape index (κ2) is 5.52. The first-order chi connectivity index (χ1) is 8.83. The number of sulfone groups is 1. The lowest BCUT2D eigenvalue weighted by atomic mass is 9.75. The Hall–Kier alpha value is -0.420. The Morgan fingerprint density at radius 2 is 1.95 bits per heavy atom. The summed E-state index contributed by atoms with van der Waals surface area (Å²) in [5.41, 5.74) is -0.428. The summed E-state index contributed by atoms with van der Waals surface area (Å²) in [6.45, 7) is 2.88. The van der Waals surface area contributed by atoms with E-state index in [4.69, 9.17) is 0 Å². The predicted molar refractivity (Wildman–Crippen MR) is 75.9 cm³/mol. The molecular weight excluding hydrogens is 262 g/mol. The molecule has 0 amide bonds. The maximum atomic E-state index is 12.7. The van der Waals surface area contributed by atoms with Crippen LogP contribution in [0, 0.1) is 5.92 Å². The molecule has 1 heterocycles. The van der Waals surface area contributed by atoms with Crippen LogP contribution in [0.5, 0.6) is 0 Å². The molecule has 0 radical (unpaired) electrons. The third-order valence-electron chi connectivity index (χ3n) is 4.76. The maximum Gasteiger partial charge on any atom is 0.155 e. The van der Waals surface area contributed by atoms with Gasteiger partial charge in [0.2, 0.25) is 0 Å². The van der Waals surface area contributed by atoms with Gasteiger partial charge >= 0.3 is 0 Å². The molecule has 5 heteroatoms. The molecule has 2 aliphatic rings. The van der Waals surface area contributed by atoms with Crippen LogP contribution >= 0.6 is 0 Å². The zero-order chi connectivity index (χ0) is 14.1. The Balaban J connectivity index is 2.06. The van der Waals surface area contributed by atoms with Gasteiger partial charge in [-0.2, -0.15) is 0 Å². The summed E-state index contributed by atoms with van der Waals surface area (Å²) in [5, 5.41) is 3.03. The number of hydrogen-bond donors (Lipinski definition) is 1. The number of carbonyl (C=O) groups excluding carboxylic acids is 1. The van der Waals surface area contributed by atoms with Crippen molar-refractivity contribution in [2.24, 2.45) is 5.92 Å². The van der Waals surface area contributed by atoms with Crippen molar-refractivity contribution < 1.29 is 13.2 Å². The molecule has 1 aliphatic heterocycles. The highest BCUT2D eigenvalue weighted by Crippen LogP contribution is 2.33. The molecule has 19 heavy (non-hydrogen) atoms. The summed E-state index contributed by atoms with van der Waals surface area (Å²) in [4.78, 5) is 12.7. The molecule has 1 aliphatic carbocycles. The minimum absolute atomic E-state index is 0.0796. The van der Waals surface area contributed by atoms with Gasteiger partial charge in [0.05, 0.1) is 10.8 Å². The molecule has 1 saturated carbocycles. The average Bonchev–Trinajstić information content (AvgIpc) is 2.38. The molecule has 110 valence electrons. The van der Waals surface area contributed by atoms with Crippen LogP contribution in [0.4, 0.5) is 0 Å². The Kier molecular flexibility index (Phi) is 4.35. The first kappa shape index (κ1) is 15.0. The lowest BCUT2D eigenvalue weighted by Crippen LogP contribution is -2.55. The van der Waals surface area contributed by atoms with Gasteiger partial charge < -0.3 is 5.32 Å². The van der Waals surface area contributed by atoms with E-state index in [1.165, 1.54) is 6.26 Å². The fourth-order valence-electron chi connectivity index (χ4n) is 3.49. The van der Waals surface area contributed by atoms with E-state index in [2.05, 4.69) is 5.32 Å². The van der Waals surface area contributed by atoms with Crippen LogP contribution in [0.3, 0.4) is 0 Å². The van der Waals surface area contributed by atoms with Gasteiger partial charge in [0.25, 0.3) is 0 Å². The Morgan fingerprint density at radius 1 is 1.21 bits per heavy atom. The number of rotatable bonds is 3. The molecule has 2 fully saturated rings. The van der Waals surface area contributed by atoms with E-state index in [0.717, 1.165) is 38.6 Å². The Labute approximate surface area is 116 Å². The molecule has 0 aromatic rings. The van der Waals surface area contributed by atoms with E-state index < -0.39 is 15.4 Å². The third kappa shape index (κ3) is 3.37. The van der Waals surface area contributed by atoms with Crippen LogP contribution in [-0.4, -0.2) is 37.8 Å². The van der Waals surface area contributed by atoms with Crippen molar-refractivity contribution >= 4 is 15.6 Å². The van der Waals surface area contributed by atoms with Gasteiger partial charge in [-0.3, -0.25) is 4.79 Å². The van der Waals surface area contributed by atoms with Crippen molar-refractivity contribution in [2.75, 3.05) is 12.8 Å². The first-order valence-electron chi connectivity index (χ1n) is 7.31. The highest BCUT2D eigenvalue weighted by atomic mass is 32.2. The SMILES string of the molecule is CC1(C(=O)C2CCCC(S(C)(=O)=O)C2)CCCCN1. The summed E-state index contributed by atoms with van der Waals surface area (Å²) in [6, 6.07) is 0. The van der Waals surface area contributed by atoms with E-state index >= 15 is 0 Å². The lowest BCUT2D eigenvalue weighted by molar-refractivity contribution is -0.130. The second-order valence-corrected chi connectivity index (χ2v) is 8.72. The van der Waals surface area contributed by atoms with Gasteiger partial charge in [0, 0.05) is 12.2 Å². The quantitative estimate of drug-likeness (QED) is 0.858. The van der Waals surface area contributed by atoms with E-state index in [9.17, 15) is 13.2 Å². The minimum atomic E-state index is -3.02. The Bertz CT molecular complexity index is 438. The number of carbonyl (C=O) groups is 1. The number of ketones is 1. The van der Waals surface area contributed by atoms with E-state index in [0.29, 0.717) is 12.8 Å². The summed E-state index contributed by atoms with van der Waals surface area (Å²) in [6.07, 6.45) is 7.32. The van der Waals surface area contributed by atoms with Gasteiger partial charge in [-0.1, -0.05) is 6.42 Å². The fraction of sp³-hybridized carbons (Fsp3) is 0.929. The molecule has 2 rings (SSSR count). The van der Waals surface area contributed by atoms with Crippen LogP contribution in [0.2, 0.25) is 0 Å². The number of piperidine rings is 1. The van der Waals surface area contributed by atoms with Crippen LogP contribution < -0.4 is 5.32 Å². The molecule has 3 atom stereocenters. The number of Topliss-reactive ketones (excluding diaryl/α,β-unsaturated/α-hetero) is 1. The predicted octanol–water partition coefficient (Wildman–Crippen LogP) is 1.69. The molecular formula is C14H25NO3S. The van der Waals surface area contributed by atoms with Gasteiger partial charge in [-0.25, -0.2) is 8.42 Å². The van der Waals surface area contributed by atoms with Crippen molar-refractivity contribution in [1.82, 2.24) is 5.32 Å². The van der Waals surface area contributed by atoms with Gasteiger partial charge in [-0.15, -0.1) is 0 Å². The average molecular weight is 287 g/mol. The summed E-state index contributed by atoms with van der Waals surface area (Å²) >= 11 is 0. The largest absolute Gasteiger partial charge is 0.305 e. The van der Waals surface area contributed by atoms with Crippen molar-refractivity contribution in [3.63, 3.8) is 0 Å². The standard InChI is InChI=1S/C14H25NO3S/c1-14(8-3-4-9-15-14)13(16)11-6-5-7-12(10-11)19(2,17)18/h11-12,15H,3-10H2,1-2H3. The van der Waals surface area contributed by atoms with E-state index in [1.54, 1.807) is 0 Å². The van der Waals surface area contributed by atoms with Crippen LogP contribution in [0.1, 0.15) is 51.9 Å². The summed E-state index contributed by atoms with van der Waals surface area (Å²) in [5.74, 6) is 0.157. The molecule has 3 unspecified atom stereocenters. The maximum absolute atomic E-state index is 12.7. The van der Waals surface area contributed by atoms with Gasteiger partial charge in [-0.05, 0) is 52.0 Å². The van der Waals surface area contributed by atoms with Crippen molar-refractivity contribution in [3.8, 4) is 0 Å². The number of hydrogen-bond acceptors (Lipinski definition) is 4. The van der Waals surface area contributed by atoms with Crippen molar-refractivity contribution in [1.29, 1.82) is 0 Å². The lowest BCUT2D eigenvalue weighted by Gasteiger charge is -2.38. The molecule has 0 bridgehead atoms. The van der Waals surface area contributed by atoms with Crippen molar-refractivity contribution in [3.05, 3.63) is 0 Å².